The highest BCUT2D eigenvalue weighted by Crippen LogP contribution is 2.28. The van der Waals surface area contributed by atoms with Crippen LogP contribution in [0.4, 0.5) is 0 Å². The maximum atomic E-state index is 12.1. The third-order valence-electron chi connectivity index (χ3n) is 3.59. The second kappa shape index (κ2) is 7.72. The topological polar surface area (TPSA) is 39.4 Å². The summed E-state index contributed by atoms with van der Waals surface area (Å²) in [6, 6.07) is 13.0. The average molecular weight is 373 g/mol. The Bertz CT molecular complexity index is 900. The van der Waals surface area contributed by atoms with Crippen molar-refractivity contribution in [2.45, 2.75) is 20.5 Å². The number of furan rings is 1. The zero-order valence-corrected chi connectivity index (χ0v) is 15.5. The van der Waals surface area contributed by atoms with Gasteiger partial charge in [-0.25, -0.2) is 0 Å². The summed E-state index contributed by atoms with van der Waals surface area (Å²) in [4.78, 5) is 13.9. The van der Waals surface area contributed by atoms with Crippen LogP contribution in [0.5, 0.6) is 5.75 Å². The second-order valence-corrected chi connectivity index (χ2v) is 7.28. The number of allylic oxidation sites excluding steroid dienone is 1. The van der Waals surface area contributed by atoms with Gasteiger partial charge in [-0.15, -0.1) is 11.3 Å². The number of aryl methyl sites for hydroxylation is 2. The van der Waals surface area contributed by atoms with E-state index in [4.69, 9.17) is 20.8 Å². The largest absolute Gasteiger partial charge is 0.484 e. The van der Waals surface area contributed by atoms with Crippen molar-refractivity contribution in [3.63, 3.8) is 0 Å². The van der Waals surface area contributed by atoms with Crippen LogP contribution in [0.2, 0.25) is 5.02 Å². The highest BCUT2D eigenvalue weighted by Gasteiger charge is 2.08. The van der Waals surface area contributed by atoms with Crippen molar-refractivity contribution in [3.8, 4) is 5.75 Å². The Labute approximate surface area is 155 Å². The van der Waals surface area contributed by atoms with Gasteiger partial charge in [-0.1, -0.05) is 23.7 Å². The standard InChI is InChI=1S/C20H17ClO3S/c1-13-4-3-5-17(21)20(13)23-12-16-8-7-15(24-16)9-10-18(22)19-11-6-14(2)25-19/h3-11H,12H2,1-2H3/b10-9+. The van der Waals surface area contributed by atoms with Crippen molar-refractivity contribution in [1.82, 2.24) is 0 Å². The van der Waals surface area contributed by atoms with Gasteiger partial charge in [0.2, 0.25) is 0 Å². The van der Waals surface area contributed by atoms with E-state index >= 15 is 0 Å². The molecule has 3 rings (SSSR count). The van der Waals surface area contributed by atoms with Crippen LogP contribution in [0.25, 0.3) is 6.08 Å². The predicted molar refractivity (Wildman–Crippen MR) is 102 cm³/mol. The number of halogens is 1. The first-order valence-corrected chi connectivity index (χ1v) is 8.98. The Morgan fingerprint density at radius 3 is 2.76 bits per heavy atom. The van der Waals surface area contributed by atoms with Gasteiger partial charge in [-0.2, -0.15) is 0 Å². The van der Waals surface area contributed by atoms with E-state index in [1.807, 2.05) is 50.2 Å². The Morgan fingerprint density at radius 2 is 2.04 bits per heavy atom. The summed E-state index contributed by atoms with van der Waals surface area (Å²) in [6.45, 7) is 4.19. The molecule has 3 nitrogen and oxygen atoms in total. The minimum absolute atomic E-state index is 0.0287. The molecule has 0 saturated carbocycles. The monoisotopic (exact) mass is 372 g/mol. The van der Waals surface area contributed by atoms with Crippen molar-refractivity contribution >= 4 is 34.8 Å². The van der Waals surface area contributed by atoms with Crippen molar-refractivity contribution in [3.05, 3.63) is 80.4 Å². The lowest BCUT2D eigenvalue weighted by Crippen LogP contribution is -1.96. The number of ether oxygens (including phenoxy) is 1. The van der Waals surface area contributed by atoms with Crippen LogP contribution < -0.4 is 4.74 Å². The molecule has 0 saturated heterocycles. The van der Waals surface area contributed by atoms with E-state index in [1.165, 1.54) is 17.4 Å². The van der Waals surface area contributed by atoms with Crippen LogP contribution in [0, 0.1) is 13.8 Å². The van der Waals surface area contributed by atoms with Crippen LogP contribution in [0.3, 0.4) is 0 Å². The number of carbonyl (C=O) groups excluding carboxylic acids is 1. The highest BCUT2D eigenvalue weighted by atomic mass is 35.5. The third-order valence-corrected chi connectivity index (χ3v) is 4.90. The molecule has 0 N–H and O–H groups in total. The molecule has 0 aliphatic rings. The fraction of sp³-hybridized carbons (Fsp3) is 0.150. The van der Waals surface area contributed by atoms with E-state index in [-0.39, 0.29) is 12.4 Å². The molecule has 0 bridgehead atoms. The van der Waals surface area contributed by atoms with Crippen LogP contribution >= 0.6 is 22.9 Å². The average Bonchev–Trinajstić information content (AvgIpc) is 3.21. The van der Waals surface area contributed by atoms with E-state index in [9.17, 15) is 4.79 Å². The lowest BCUT2D eigenvalue weighted by molar-refractivity contribution is 0.105. The van der Waals surface area contributed by atoms with Gasteiger partial charge in [0.05, 0.1) is 9.90 Å². The van der Waals surface area contributed by atoms with E-state index in [1.54, 1.807) is 12.1 Å². The minimum atomic E-state index is -0.0287. The molecule has 0 unspecified atom stereocenters. The third kappa shape index (κ3) is 4.41. The number of carbonyl (C=O) groups is 1. The fourth-order valence-corrected chi connectivity index (χ4v) is 3.38. The molecule has 0 atom stereocenters. The van der Waals surface area contributed by atoms with Gasteiger partial charge >= 0.3 is 0 Å². The molecular weight excluding hydrogens is 356 g/mol. The maximum Gasteiger partial charge on any atom is 0.195 e. The predicted octanol–water partition coefficient (Wildman–Crippen LogP) is 6.09. The number of para-hydroxylation sites is 1. The molecule has 128 valence electrons. The van der Waals surface area contributed by atoms with Crippen molar-refractivity contribution in [2.75, 3.05) is 0 Å². The van der Waals surface area contributed by atoms with Gasteiger partial charge in [0.15, 0.2) is 5.78 Å². The molecule has 0 aliphatic carbocycles. The molecule has 2 aromatic heterocycles. The Hall–Kier alpha value is -2.30. The minimum Gasteiger partial charge on any atom is -0.484 e. The zero-order valence-electron chi connectivity index (χ0n) is 13.9. The second-order valence-electron chi connectivity index (χ2n) is 5.59. The first-order chi connectivity index (χ1) is 12.0. The first kappa shape index (κ1) is 17.5. The number of benzene rings is 1. The molecule has 25 heavy (non-hydrogen) atoms. The van der Waals surface area contributed by atoms with Crippen LogP contribution in [-0.4, -0.2) is 5.78 Å². The molecule has 2 heterocycles. The smallest absolute Gasteiger partial charge is 0.195 e. The van der Waals surface area contributed by atoms with E-state index in [2.05, 4.69) is 0 Å². The highest BCUT2D eigenvalue weighted by molar-refractivity contribution is 7.14. The molecule has 3 aromatic rings. The molecule has 5 heteroatoms. The number of hydrogen-bond acceptors (Lipinski definition) is 4. The van der Waals surface area contributed by atoms with Gasteiger partial charge in [-0.05, 0) is 61.9 Å². The summed E-state index contributed by atoms with van der Waals surface area (Å²) >= 11 is 7.62. The Morgan fingerprint density at radius 1 is 1.20 bits per heavy atom. The zero-order chi connectivity index (χ0) is 17.8. The first-order valence-electron chi connectivity index (χ1n) is 7.78. The van der Waals surface area contributed by atoms with Gasteiger partial charge in [0.25, 0.3) is 0 Å². The lowest BCUT2D eigenvalue weighted by Gasteiger charge is -2.09. The number of hydrogen-bond donors (Lipinski definition) is 0. The lowest BCUT2D eigenvalue weighted by atomic mass is 10.2. The quantitative estimate of drug-likeness (QED) is 0.388. The summed E-state index contributed by atoms with van der Waals surface area (Å²) in [5, 5.41) is 0.573. The Balaban J connectivity index is 1.62. The summed E-state index contributed by atoms with van der Waals surface area (Å²) < 4.78 is 11.4. The normalized spacial score (nSPS) is 11.2. The Kier molecular flexibility index (Phi) is 5.41. The summed E-state index contributed by atoms with van der Waals surface area (Å²) in [7, 11) is 0. The number of rotatable bonds is 6. The molecule has 0 radical (unpaired) electrons. The van der Waals surface area contributed by atoms with Crippen molar-refractivity contribution in [2.24, 2.45) is 0 Å². The van der Waals surface area contributed by atoms with Crippen LogP contribution in [0.15, 0.2) is 53.0 Å². The molecule has 0 amide bonds. The number of ketones is 1. The molecule has 1 aromatic carbocycles. The van der Waals surface area contributed by atoms with Gasteiger partial charge in [-0.3, -0.25) is 4.79 Å². The fourth-order valence-electron chi connectivity index (χ4n) is 2.31. The molecular formula is C20H17ClO3S. The summed E-state index contributed by atoms with van der Waals surface area (Å²) in [5.74, 6) is 1.90. The van der Waals surface area contributed by atoms with Gasteiger partial charge in [0, 0.05) is 4.88 Å². The van der Waals surface area contributed by atoms with Gasteiger partial charge in [0.1, 0.15) is 23.9 Å². The van der Waals surface area contributed by atoms with E-state index in [0.29, 0.717) is 22.3 Å². The summed E-state index contributed by atoms with van der Waals surface area (Å²) in [5.41, 5.74) is 0.969. The van der Waals surface area contributed by atoms with E-state index in [0.717, 1.165) is 15.3 Å². The molecule has 0 aliphatic heterocycles. The van der Waals surface area contributed by atoms with Crippen LogP contribution in [0.1, 0.15) is 31.6 Å². The maximum absolute atomic E-state index is 12.1. The van der Waals surface area contributed by atoms with E-state index < -0.39 is 0 Å². The SMILES string of the molecule is Cc1ccc(C(=O)/C=C/c2ccc(COc3c(C)cccc3Cl)o2)s1. The van der Waals surface area contributed by atoms with Crippen LogP contribution in [-0.2, 0) is 6.61 Å². The molecule has 0 spiro atoms. The molecule has 0 fully saturated rings. The van der Waals surface area contributed by atoms with Crippen molar-refractivity contribution < 1.29 is 13.9 Å². The summed E-state index contributed by atoms with van der Waals surface area (Å²) in [6.07, 6.45) is 3.19. The van der Waals surface area contributed by atoms with Crippen molar-refractivity contribution in [1.29, 1.82) is 0 Å². The van der Waals surface area contributed by atoms with Gasteiger partial charge < -0.3 is 9.15 Å². The number of thiophene rings is 1.